The SMILES string of the molecule is N#Cc1c(Cl)nc2c(c1-c1cccc(F)c1)CCC2. The lowest BCUT2D eigenvalue weighted by molar-refractivity contribution is 0.628. The van der Waals surface area contributed by atoms with Crippen LogP contribution in [0.4, 0.5) is 4.39 Å². The molecule has 94 valence electrons. The molecular formula is C15H10ClFN2. The third kappa shape index (κ3) is 1.98. The topological polar surface area (TPSA) is 36.7 Å². The maximum Gasteiger partial charge on any atom is 0.147 e. The van der Waals surface area contributed by atoms with E-state index in [0.29, 0.717) is 11.1 Å². The molecule has 1 aliphatic rings. The number of nitrogens with zero attached hydrogens (tertiary/aromatic N) is 2. The molecule has 0 amide bonds. The van der Waals surface area contributed by atoms with E-state index in [1.807, 2.05) is 0 Å². The molecule has 4 heteroatoms. The van der Waals surface area contributed by atoms with E-state index in [1.54, 1.807) is 12.1 Å². The number of aromatic nitrogens is 1. The summed E-state index contributed by atoms with van der Waals surface area (Å²) in [4.78, 5) is 4.28. The van der Waals surface area contributed by atoms with E-state index in [4.69, 9.17) is 11.6 Å². The van der Waals surface area contributed by atoms with Crippen molar-refractivity contribution in [3.63, 3.8) is 0 Å². The van der Waals surface area contributed by atoms with Crippen molar-refractivity contribution in [2.75, 3.05) is 0 Å². The van der Waals surface area contributed by atoms with Crippen molar-refractivity contribution in [3.8, 4) is 17.2 Å². The largest absolute Gasteiger partial charge is 0.239 e. The lowest BCUT2D eigenvalue weighted by Gasteiger charge is -2.12. The third-order valence-corrected chi connectivity index (χ3v) is 3.68. The van der Waals surface area contributed by atoms with Gasteiger partial charge in [-0.25, -0.2) is 9.37 Å². The molecule has 19 heavy (non-hydrogen) atoms. The Morgan fingerprint density at radius 3 is 2.89 bits per heavy atom. The lowest BCUT2D eigenvalue weighted by atomic mass is 9.95. The van der Waals surface area contributed by atoms with Crippen LogP contribution in [0.2, 0.25) is 5.15 Å². The summed E-state index contributed by atoms with van der Waals surface area (Å²) in [5, 5.41) is 9.50. The van der Waals surface area contributed by atoms with Gasteiger partial charge < -0.3 is 0 Å². The van der Waals surface area contributed by atoms with Gasteiger partial charge in [-0.1, -0.05) is 23.7 Å². The van der Waals surface area contributed by atoms with Crippen LogP contribution in [-0.4, -0.2) is 4.98 Å². The number of halogens is 2. The maximum absolute atomic E-state index is 13.4. The number of pyridine rings is 1. The van der Waals surface area contributed by atoms with Crippen molar-refractivity contribution < 1.29 is 4.39 Å². The minimum atomic E-state index is -0.318. The molecule has 0 saturated heterocycles. The predicted molar refractivity (Wildman–Crippen MR) is 71.4 cm³/mol. The van der Waals surface area contributed by atoms with E-state index in [9.17, 15) is 9.65 Å². The molecule has 2 aromatic rings. The molecule has 1 heterocycles. The molecule has 0 radical (unpaired) electrons. The Bertz CT molecular complexity index is 703. The summed E-state index contributed by atoms with van der Waals surface area (Å²) in [7, 11) is 0. The van der Waals surface area contributed by atoms with Crippen LogP contribution < -0.4 is 0 Å². The van der Waals surface area contributed by atoms with Crippen molar-refractivity contribution in [3.05, 3.63) is 52.1 Å². The zero-order valence-corrected chi connectivity index (χ0v) is 10.8. The zero-order chi connectivity index (χ0) is 13.4. The molecule has 0 bridgehead atoms. The van der Waals surface area contributed by atoms with Crippen LogP contribution in [0.1, 0.15) is 23.2 Å². The molecular weight excluding hydrogens is 263 g/mol. The number of hydrogen-bond acceptors (Lipinski definition) is 2. The molecule has 0 aliphatic heterocycles. The first-order valence-electron chi connectivity index (χ1n) is 6.08. The Labute approximate surface area is 115 Å². The van der Waals surface area contributed by atoms with Crippen LogP contribution in [0.25, 0.3) is 11.1 Å². The van der Waals surface area contributed by atoms with E-state index < -0.39 is 0 Å². The second-order valence-electron chi connectivity index (χ2n) is 4.55. The highest BCUT2D eigenvalue weighted by Gasteiger charge is 2.23. The summed E-state index contributed by atoms with van der Waals surface area (Å²) in [5.41, 5.74) is 3.75. The fourth-order valence-corrected chi connectivity index (χ4v) is 2.85. The average molecular weight is 273 g/mol. The van der Waals surface area contributed by atoms with Gasteiger partial charge in [0.15, 0.2) is 0 Å². The third-order valence-electron chi connectivity index (χ3n) is 3.40. The number of aryl methyl sites for hydroxylation is 1. The van der Waals surface area contributed by atoms with Crippen molar-refractivity contribution in [2.24, 2.45) is 0 Å². The highest BCUT2D eigenvalue weighted by atomic mass is 35.5. The first-order chi connectivity index (χ1) is 9.20. The Hall–Kier alpha value is -1.92. The Kier molecular flexibility index (Phi) is 2.96. The van der Waals surface area contributed by atoms with E-state index >= 15 is 0 Å². The van der Waals surface area contributed by atoms with Gasteiger partial charge in [0.25, 0.3) is 0 Å². The fourth-order valence-electron chi connectivity index (χ4n) is 2.61. The average Bonchev–Trinajstić information content (AvgIpc) is 2.84. The number of fused-ring (bicyclic) bond motifs is 1. The highest BCUT2D eigenvalue weighted by molar-refractivity contribution is 6.31. The molecule has 1 aliphatic carbocycles. The Balaban J connectivity index is 2.34. The summed E-state index contributed by atoms with van der Waals surface area (Å²) in [6, 6.07) is 8.36. The monoisotopic (exact) mass is 272 g/mol. The van der Waals surface area contributed by atoms with Crippen LogP contribution in [-0.2, 0) is 12.8 Å². The van der Waals surface area contributed by atoms with E-state index in [2.05, 4.69) is 11.1 Å². The number of rotatable bonds is 1. The highest BCUT2D eigenvalue weighted by Crippen LogP contribution is 2.37. The summed E-state index contributed by atoms with van der Waals surface area (Å²) in [6.45, 7) is 0. The number of nitriles is 1. The minimum absolute atomic E-state index is 0.211. The second kappa shape index (κ2) is 4.64. The fraction of sp³-hybridized carbons (Fsp3) is 0.200. The van der Waals surface area contributed by atoms with Gasteiger partial charge >= 0.3 is 0 Å². The van der Waals surface area contributed by atoms with Gasteiger partial charge in [-0.2, -0.15) is 5.26 Å². The second-order valence-corrected chi connectivity index (χ2v) is 4.91. The van der Waals surface area contributed by atoms with Gasteiger partial charge in [0.05, 0.1) is 5.56 Å². The zero-order valence-electron chi connectivity index (χ0n) is 10.1. The molecule has 0 N–H and O–H groups in total. The van der Waals surface area contributed by atoms with Gasteiger partial charge in [0.1, 0.15) is 17.0 Å². The van der Waals surface area contributed by atoms with Crippen LogP contribution in [0.3, 0.4) is 0 Å². The van der Waals surface area contributed by atoms with Crippen LogP contribution >= 0.6 is 11.6 Å². The van der Waals surface area contributed by atoms with Gasteiger partial charge in [0.2, 0.25) is 0 Å². The summed E-state index contributed by atoms with van der Waals surface area (Å²) < 4.78 is 13.4. The summed E-state index contributed by atoms with van der Waals surface area (Å²) in [5.74, 6) is -0.318. The molecule has 3 rings (SSSR count). The van der Waals surface area contributed by atoms with E-state index in [0.717, 1.165) is 36.1 Å². The van der Waals surface area contributed by atoms with Crippen LogP contribution in [0, 0.1) is 17.1 Å². The van der Waals surface area contributed by atoms with Crippen molar-refractivity contribution >= 4 is 11.6 Å². The molecule has 2 nitrogen and oxygen atoms in total. The molecule has 0 atom stereocenters. The van der Waals surface area contributed by atoms with E-state index in [-0.39, 0.29) is 11.0 Å². The lowest BCUT2D eigenvalue weighted by Crippen LogP contribution is -1.98. The molecule has 0 unspecified atom stereocenters. The van der Waals surface area contributed by atoms with Gasteiger partial charge in [-0.05, 0) is 42.5 Å². The van der Waals surface area contributed by atoms with Crippen LogP contribution in [0.5, 0.6) is 0 Å². The van der Waals surface area contributed by atoms with Gasteiger partial charge in [0, 0.05) is 11.3 Å². The summed E-state index contributed by atoms with van der Waals surface area (Å²) in [6.07, 6.45) is 2.72. The quantitative estimate of drug-likeness (QED) is 0.738. The normalized spacial score (nSPS) is 13.1. The standard InChI is InChI=1S/C15H10ClFN2/c16-15-12(8-18)14(9-3-1-4-10(17)7-9)11-5-2-6-13(11)19-15/h1,3-4,7H,2,5-6H2. The van der Waals surface area contributed by atoms with Crippen molar-refractivity contribution in [1.82, 2.24) is 4.98 Å². The first-order valence-corrected chi connectivity index (χ1v) is 6.46. The van der Waals surface area contributed by atoms with Crippen molar-refractivity contribution in [1.29, 1.82) is 5.26 Å². The molecule has 0 fully saturated rings. The maximum atomic E-state index is 13.4. The molecule has 1 aromatic carbocycles. The van der Waals surface area contributed by atoms with Gasteiger partial charge in [-0.15, -0.1) is 0 Å². The van der Waals surface area contributed by atoms with Crippen molar-refractivity contribution in [2.45, 2.75) is 19.3 Å². The summed E-state index contributed by atoms with van der Waals surface area (Å²) >= 11 is 6.08. The number of benzene rings is 1. The number of hydrogen-bond donors (Lipinski definition) is 0. The van der Waals surface area contributed by atoms with E-state index in [1.165, 1.54) is 12.1 Å². The smallest absolute Gasteiger partial charge is 0.147 e. The molecule has 1 aromatic heterocycles. The Morgan fingerprint density at radius 2 is 2.16 bits per heavy atom. The van der Waals surface area contributed by atoms with Crippen LogP contribution in [0.15, 0.2) is 24.3 Å². The molecule has 0 saturated carbocycles. The van der Waals surface area contributed by atoms with Gasteiger partial charge in [-0.3, -0.25) is 0 Å². The first kappa shape index (κ1) is 12.1. The Morgan fingerprint density at radius 1 is 1.32 bits per heavy atom. The molecule has 0 spiro atoms. The minimum Gasteiger partial charge on any atom is -0.239 e. The predicted octanol–water partition coefficient (Wildman–Crippen LogP) is 3.90.